The summed E-state index contributed by atoms with van der Waals surface area (Å²) >= 11 is 5.55. The minimum atomic E-state index is -3.68. The summed E-state index contributed by atoms with van der Waals surface area (Å²) < 4.78 is 39.8. The van der Waals surface area contributed by atoms with E-state index in [1.807, 2.05) is 0 Å². The van der Waals surface area contributed by atoms with Crippen LogP contribution in [0.25, 0.3) is 0 Å². The van der Waals surface area contributed by atoms with Crippen molar-refractivity contribution in [1.29, 1.82) is 0 Å². The first kappa shape index (κ1) is 15.4. The Hall–Kier alpha value is -0.650. The van der Waals surface area contributed by atoms with Crippen molar-refractivity contribution in [3.63, 3.8) is 0 Å². The second-order valence-electron chi connectivity index (χ2n) is 4.26. The Morgan fingerprint density at radius 3 is 2.72 bits per heavy atom. The van der Waals surface area contributed by atoms with E-state index in [-0.39, 0.29) is 10.9 Å². The molecule has 0 fully saturated rings. The van der Waals surface area contributed by atoms with Crippen molar-refractivity contribution in [3.8, 4) is 0 Å². The molecule has 0 heterocycles. The standard InChI is InChI=1S/C12H17ClFNO2S/c1-9-5-6-11(14)8-12(9)18(16,17)15-10(2)4-3-7-13/h5-6,8,10,15H,3-4,7H2,1-2H3. The van der Waals surface area contributed by atoms with Gasteiger partial charge in [0, 0.05) is 11.9 Å². The number of nitrogens with one attached hydrogen (secondary N) is 1. The molecule has 18 heavy (non-hydrogen) atoms. The Morgan fingerprint density at radius 2 is 2.11 bits per heavy atom. The molecule has 0 saturated carbocycles. The third-order valence-electron chi connectivity index (χ3n) is 2.57. The van der Waals surface area contributed by atoms with E-state index in [9.17, 15) is 12.8 Å². The molecule has 0 aliphatic carbocycles. The number of sulfonamides is 1. The van der Waals surface area contributed by atoms with E-state index < -0.39 is 15.8 Å². The van der Waals surface area contributed by atoms with Crippen LogP contribution >= 0.6 is 11.6 Å². The summed E-state index contributed by atoms with van der Waals surface area (Å²) in [6.45, 7) is 3.40. The van der Waals surface area contributed by atoms with Crippen molar-refractivity contribution >= 4 is 21.6 Å². The van der Waals surface area contributed by atoms with Gasteiger partial charge in [-0.15, -0.1) is 11.6 Å². The molecule has 0 aromatic heterocycles. The van der Waals surface area contributed by atoms with Crippen LogP contribution in [0.15, 0.2) is 23.1 Å². The molecular weight excluding hydrogens is 277 g/mol. The fourth-order valence-electron chi connectivity index (χ4n) is 1.63. The van der Waals surface area contributed by atoms with Gasteiger partial charge < -0.3 is 0 Å². The lowest BCUT2D eigenvalue weighted by Gasteiger charge is -2.15. The zero-order valence-electron chi connectivity index (χ0n) is 10.4. The predicted octanol–water partition coefficient (Wildman–Crippen LogP) is 2.82. The summed E-state index contributed by atoms with van der Waals surface area (Å²) in [6, 6.07) is 3.50. The number of rotatable bonds is 6. The van der Waals surface area contributed by atoms with E-state index in [0.717, 1.165) is 12.5 Å². The normalized spacial score (nSPS) is 13.6. The van der Waals surface area contributed by atoms with Gasteiger partial charge in [0.25, 0.3) is 0 Å². The van der Waals surface area contributed by atoms with Crippen LogP contribution in [-0.4, -0.2) is 20.3 Å². The number of halogens is 2. The number of hydrogen-bond acceptors (Lipinski definition) is 2. The minimum absolute atomic E-state index is 0.0137. The lowest BCUT2D eigenvalue weighted by atomic mass is 10.2. The average Bonchev–Trinajstić information content (AvgIpc) is 2.29. The van der Waals surface area contributed by atoms with Crippen LogP contribution in [0.2, 0.25) is 0 Å². The van der Waals surface area contributed by atoms with Crippen LogP contribution < -0.4 is 4.72 Å². The molecule has 0 amide bonds. The molecule has 0 aliphatic rings. The molecule has 0 aliphatic heterocycles. The fourth-order valence-corrected chi connectivity index (χ4v) is 3.32. The Labute approximate surface area is 112 Å². The molecule has 6 heteroatoms. The zero-order valence-corrected chi connectivity index (χ0v) is 12.0. The second kappa shape index (κ2) is 6.50. The highest BCUT2D eigenvalue weighted by molar-refractivity contribution is 7.89. The summed E-state index contributed by atoms with van der Waals surface area (Å²) in [4.78, 5) is -0.0137. The monoisotopic (exact) mass is 293 g/mol. The van der Waals surface area contributed by atoms with Crippen LogP contribution in [0, 0.1) is 12.7 Å². The third kappa shape index (κ3) is 4.23. The first-order valence-electron chi connectivity index (χ1n) is 5.71. The zero-order chi connectivity index (χ0) is 13.8. The van der Waals surface area contributed by atoms with Gasteiger partial charge in [0.05, 0.1) is 4.90 Å². The molecule has 102 valence electrons. The van der Waals surface area contributed by atoms with Gasteiger partial charge in [-0.25, -0.2) is 17.5 Å². The summed E-state index contributed by atoms with van der Waals surface area (Å²) in [6.07, 6.45) is 1.38. The summed E-state index contributed by atoms with van der Waals surface area (Å²) in [7, 11) is -3.68. The first-order valence-corrected chi connectivity index (χ1v) is 7.73. The molecule has 1 atom stereocenters. The largest absolute Gasteiger partial charge is 0.241 e. The van der Waals surface area contributed by atoms with E-state index in [0.29, 0.717) is 17.9 Å². The molecule has 1 N–H and O–H groups in total. The van der Waals surface area contributed by atoms with E-state index in [2.05, 4.69) is 4.72 Å². The van der Waals surface area contributed by atoms with Gasteiger partial charge in [-0.1, -0.05) is 6.07 Å². The predicted molar refractivity (Wildman–Crippen MR) is 70.9 cm³/mol. The number of alkyl halides is 1. The molecule has 0 saturated heterocycles. The summed E-state index contributed by atoms with van der Waals surface area (Å²) in [5.41, 5.74) is 0.522. The van der Waals surface area contributed by atoms with Crippen LogP contribution in [-0.2, 0) is 10.0 Å². The molecular formula is C12H17ClFNO2S. The average molecular weight is 294 g/mol. The van der Waals surface area contributed by atoms with Gasteiger partial charge in [0.15, 0.2) is 0 Å². The van der Waals surface area contributed by atoms with Gasteiger partial charge in [0.1, 0.15) is 5.82 Å². The van der Waals surface area contributed by atoms with Crippen LogP contribution in [0.3, 0.4) is 0 Å². The maximum absolute atomic E-state index is 13.1. The van der Waals surface area contributed by atoms with E-state index >= 15 is 0 Å². The van der Waals surface area contributed by atoms with Crippen LogP contribution in [0.5, 0.6) is 0 Å². The SMILES string of the molecule is Cc1ccc(F)cc1S(=O)(=O)NC(C)CCCCl. The molecule has 1 aromatic rings. The van der Waals surface area contributed by atoms with Gasteiger partial charge in [0.2, 0.25) is 10.0 Å². The van der Waals surface area contributed by atoms with E-state index in [1.54, 1.807) is 13.8 Å². The quantitative estimate of drug-likeness (QED) is 0.820. The topological polar surface area (TPSA) is 46.2 Å². The Morgan fingerprint density at radius 1 is 1.44 bits per heavy atom. The van der Waals surface area contributed by atoms with Crippen LogP contribution in [0.4, 0.5) is 4.39 Å². The van der Waals surface area contributed by atoms with Crippen LogP contribution in [0.1, 0.15) is 25.3 Å². The molecule has 1 aromatic carbocycles. The van der Waals surface area contributed by atoms with Crippen molar-refractivity contribution in [2.24, 2.45) is 0 Å². The first-order chi connectivity index (χ1) is 8.36. The Balaban J connectivity index is 2.89. The van der Waals surface area contributed by atoms with E-state index in [4.69, 9.17) is 11.6 Å². The van der Waals surface area contributed by atoms with Gasteiger partial charge in [-0.2, -0.15) is 0 Å². The lowest BCUT2D eigenvalue weighted by Crippen LogP contribution is -2.33. The van der Waals surface area contributed by atoms with Crippen molar-refractivity contribution in [1.82, 2.24) is 4.72 Å². The van der Waals surface area contributed by atoms with Crippen molar-refractivity contribution < 1.29 is 12.8 Å². The maximum Gasteiger partial charge on any atom is 0.241 e. The second-order valence-corrected chi connectivity index (χ2v) is 6.32. The van der Waals surface area contributed by atoms with Crippen molar-refractivity contribution in [2.45, 2.75) is 37.6 Å². The molecule has 1 rings (SSSR count). The van der Waals surface area contributed by atoms with Gasteiger partial charge >= 0.3 is 0 Å². The summed E-state index contributed by atoms with van der Waals surface area (Å²) in [5.74, 6) is -0.0696. The Bertz CT molecular complexity index is 505. The number of aryl methyl sites for hydroxylation is 1. The number of hydrogen-bond donors (Lipinski definition) is 1. The van der Waals surface area contributed by atoms with Gasteiger partial charge in [-0.3, -0.25) is 0 Å². The molecule has 0 spiro atoms. The highest BCUT2D eigenvalue weighted by atomic mass is 35.5. The summed E-state index contributed by atoms with van der Waals surface area (Å²) in [5, 5.41) is 0. The fraction of sp³-hybridized carbons (Fsp3) is 0.500. The molecule has 0 radical (unpaired) electrons. The number of benzene rings is 1. The van der Waals surface area contributed by atoms with E-state index in [1.165, 1.54) is 12.1 Å². The molecule has 0 bridgehead atoms. The smallest absolute Gasteiger partial charge is 0.208 e. The maximum atomic E-state index is 13.1. The Kier molecular flexibility index (Phi) is 5.56. The molecule has 3 nitrogen and oxygen atoms in total. The highest BCUT2D eigenvalue weighted by Crippen LogP contribution is 2.17. The lowest BCUT2D eigenvalue weighted by molar-refractivity contribution is 0.542. The van der Waals surface area contributed by atoms with Crippen molar-refractivity contribution in [3.05, 3.63) is 29.6 Å². The van der Waals surface area contributed by atoms with Crippen molar-refractivity contribution in [2.75, 3.05) is 5.88 Å². The molecule has 1 unspecified atom stereocenters. The van der Waals surface area contributed by atoms with Gasteiger partial charge in [-0.05, 0) is 44.4 Å². The highest BCUT2D eigenvalue weighted by Gasteiger charge is 2.19. The minimum Gasteiger partial charge on any atom is -0.208 e. The third-order valence-corrected chi connectivity index (χ3v) is 4.57.